The fourth-order valence-corrected chi connectivity index (χ4v) is 4.99. The van der Waals surface area contributed by atoms with E-state index in [0.717, 1.165) is 22.3 Å². The van der Waals surface area contributed by atoms with Crippen LogP contribution in [0.4, 0.5) is 10.1 Å². The van der Waals surface area contributed by atoms with E-state index in [2.05, 4.69) is 5.16 Å². The topological polar surface area (TPSA) is 83.7 Å². The number of nitrogens with zero attached hydrogens (tertiary/aromatic N) is 3. The molecule has 2 aliphatic rings. The molecule has 0 saturated carbocycles. The maximum atomic E-state index is 13.4. The van der Waals surface area contributed by atoms with Crippen LogP contribution in [0.25, 0.3) is 11.3 Å². The van der Waals surface area contributed by atoms with Crippen molar-refractivity contribution in [2.24, 2.45) is 0 Å². The minimum absolute atomic E-state index is 0.217. The Morgan fingerprint density at radius 3 is 2.51 bits per heavy atom. The number of benzene rings is 3. The molecule has 0 aliphatic carbocycles. The van der Waals surface area contributed by atoms with E-state index in [0.29, 0.717) is 35.7 Å². The number of hydrogen-bond donors (Lipinski definition) is 0. The number of aromatic nitrogens is 1. The Morgan fingerprint density at radius 2 is 1.73 bits per heavy atom. The average Bonchev–Trinajstić information content (AvgIpc) is 3.44. The van der Waals surface area contributed by atoms with Gasteiger partial charge in [0.1, 0.15) is 11.5 Å². The van der Waals surface area contributed by atoms with Crippen LogP contribution in [-0.2, 0) is 13.0 Å². The Hall–Kier alpha value is -4.59. The van der Waals surface area contributed by atoms with Crippen molar-refractivity contribution >= 4 is 23.4 Å². The van der Waals surface area contributed by atoms with E-state index in [1.807, 2.05) is 26.0 Å². The second-order valence-corrected chi connectivity index (χ2v) is 9.35. The summed E-state index contributed by atoms with van der Waals surface area (Å²) >= 11 is 0. The maximum Gasteiger partial charge on any atom is 0.266 e. The molecule has 4 aromatic rings. The van der Waals surface area contributed by atoms with Crippen molar-refractivity contribution in [3.05, 3.63) is 106 Å². The standard InChI is InChI=1S/C29H22FN3O4/c1-16-4-3-5-25(17(16)2)33-28(35)21-11-8-19(14-23(21)29(33)36)27(34)32-13-12-22-24(15-32)31-37-26(22)18-6-9-20(30)10-7-18/h3-11,14H,12-13,15H2,1-2H3. The fourth-order valence-electron chi connectivity index (χ4n) is 4.99. The van der Waals surface area contributed by atoms with Crippen molar-refractivity contribution in [3.63, 3.8) is 0 Å². The van der Waals surface area contributed by atoms with Crippen LogP contribution < -0.4 is 4.90 Å². The highest BCUT2D eigenvalue weighted by molar-refractivity contribution is 6.35. The van der Waals surface area contributed by atoms with Crippen LogP contribution in [0.5, 0.6) is 0 Å². The van der Waals surface area contributed by atoms with Gasteiger partial charge in [-0.25, -0.2) is 9.29 Å². The highest BCUT2D eigenvalue weighted by Gasteiger charge is 2.38. The van der Waals surface area contributed by atoms with Crippen molar-refractivity contribution < 1.29 is 23.3 Å². The van der Waals surface area contributed by atoms with E-state index < -0.39 is 11.8 Å². The van der Waals surface area contributed by atoms with Gasteiger partial charge >= 0.3 is 0 Å². The van der Waals surface area contributed by atoms with Crippen LogP contribution in [-0.4, -0.2) is 34.3 Å². The van der Waals surface area contributed by atoms with Gasteiger partial charge in [-0.2, -0.15) is 0 Å². The van der Waals surface area contributed by atoms with Gasteiger partial charge in [-0.3, -0.25) is 14.4 Å². The van der Waals surface area contributed by atoms with Gasteiger partial charge in [0.15, 0.2) is 5.76 Å². The lowest BCUT2D eigenvalue weighted by Crippen LogP contribution is -2.36. The molecule has 0 saturated heterocycles. The molecule has 0 atom stereocenters. The zero-order chi connectivity index (χ0) is 25.8. The molecular formula is C29H22FN3O4. The molecule has 0 unspecified atom stereocenters. The summed E-state index contributed by atoms with van der Waals surface area (Å²) in [6, 6.07) is 16.1. The summed E-state index contributed by atoms with van der Waals surface area (Å²) in [4.78, 5) is 42.6. The maximum absolute atomic E-state index is 13.4. The predicted molar refractivity (Wildman–Crippen MR) is 134 cm³/mol. The first kappa shape index (κ1) is 22.8. The van der Waals surface area contributed by atoms with Crippen molar-refractivity contribution in [1.29, 1.82) is 0 Å². The van der Waals surface area contributed by atoms with E-state index >= 15 is 0 Å². The minimum Gasteiger partial charge on any atom is -0.356 e. The fraction of sp³-hybridized carbons (Fsp3) is 0.172. The molecule has 6 rings (SSSR count). The molecule has 2 aliphatic heterocycles. The number of fused-ring (bicyclic) bond motifs is 2. The summed E-state index contributed by atoms with van der Waals surface area (Å²) in [5.74, 6) is -0.850. The molecule has 8 heteroatoms. The average molecular weight is 496 g/mol. The van der Waals surface area contributed by atoms with Crippen molar-refractivity contribution in [2.45, 2.75) is 26.8 Å². The van der Waals surface area contributed by atoms with Crippen molar-refractivity contribution in [3.8, 4) is 11.3 Å². The number of amides is 3. The summed E-state index contributed by atoms with van der Waals surface area (Å²) in [6.07, 6.45) is 0.528. The van der Waals surface area contributed by atoms with E-state index in [-0.39, 0.29) is 29.4 Å². The number of rotatable bonds is 3. The van der Waals surface area contributed by atoms with Crippen LogP contribution in [0.15, 0.2) is 65.2 Å². The highest BCUT2D eigenvalue weighted by atomic mass is 19.1. The Morgan fingerprint density at radius 1 is 0.973 bits per heavy atom. The molecular weight excluding hydrogens is 473 g/mol. The van der Waals surface area contributed by atoms with E-state index in [4.69, 9.17) is 4.52 Å². The second-order valence-electron chi connectivity index (χ2n) is 9.35. The predicted octanol–water partition coefficient (Wildman–Crippen LogP) is 5.10. The number of hydrogen-bond acceptors (Lipinski definition) is 5. The van der Waals surface area contributed by atoms with E-state index in [9.17, 15) is 18.8 Å². The lowest BCUT2D eigenvalue weighted by molar-refractivity contribution is 0.0731. The zero-order valence-electron chi connectivity index (χ0n) is 20.2. The quantitative estimate of drug-likeness (QED) is 0.370. The third kappa shape index (κ3) is 3.64. The number of imide groups is 1. The van der Waals surface area contributed by atoms with Gasteiger partial charge in [0.25, 0.3) is 17.7 Å². The SMILES string of the molecule is Cc1cccc(N2C(=O)c3ccc(C(=O)N4CCc5c(noc5-c5ccc(F)cc5)C4)cc3C2=O)c1C. The summed E-state index contributed by atoms with van der Waals surface area (Å²) < 4.78 is 18.8. The molecule has 3 heterocycles. The minimum atomic E-state index is -0.440. The monoisotopic (exact) mass is 495 g/mol. The van der Waals surface area contributed by atoms with Gasteiger partial charge in [-0.05, 0) is 79.9 Å². The Kier molecular flexibility index (Phi) is 5.26. The first-order valence-electron chi connectivity index (χ1n) is 11.9. The van der Waals surface area contributed by atoms with Gasteiger partial charge in [-0.1, -0.05) is 17.3 Å². The summed E-state index contributed by atoms with van der Waals surface area (Å²) in [7, 11) is 0. The molecule has 3 aromatic carbocycles. The Balaban J connectivity index is 1.25. The van der Waals surface area contributed by atoms with E-state index in [1.54, 1.807) is 35.2 Å². The third-order valence-electron chi connectivity index (χ3n) is 7.19. The van der Waals surface area contributed by atoms with Gasteiger partial charge in [0.2, 0.25) is 0 Å². The molecule has 0 spiro atoms. The largest absolute Gasteiger partial charge is 0.356 e. The molecule has 3 amide bonds. The molecule has 7 nitrogen and oxygen atoms in total. The van der Waals surface area contributed by atoms with Crippen LogP contribution in [0.2, 0.25) is 0 Å². The Bertz CT molecular complexity index is 1610. The number of halogens is 1. The van der Waals surface area contributed by atoms with Crippen molar-refractivity contribution in [2.75, 3.05) is 11.4 Å². The molecule has 37 heavy (non-hydrogen) atoms. The number of carbonyl (C=O) groups is 3. The first-order chi connectivity index (χ1) is 17.8. The Labute approximate surface area is 212 Å². The highest BCUT2D eigenvalue weighted by Crippen LogP contribution is 2.34. The normalized spacial score (nSPS) is 14.7. The molecule has 1 aromatic heterocycles. The van der Waals surface area contributed by atoms with Gasteiger partial charge < -0.3 is 9.42 Å². The lowest BCUT2D eigenvalue weighted by Gasteiger charge is -2.26. The molecule has 0 fully saturated rings. The van der Waals surface area contributed by atoms with Crippen LogP contribution in [0.3, 0.4) is 0 Å². The van der Waals surface area contributed by atoms with Gasteiger partial charge in [-0.15, -0.1) is 0 Å². The molecule has 0 bridgehead atoms. The number of aryl methyl sites for hydroxylation is 1. The number of anilines is 1. The smallest absolute Gasteiger partial charge is 0.266 e. The second kappa shape index (κ2) is 8.51. The third-order valence-corrected chi connectivity index (χ3v) is 7.19. The first-order valence-corrected chi connectivity index (χ1v) is 11.9. The summed E-state index contributed by atoms with van der Waals surface area (Å²) in [6.45, 7) is 4.48. The number of carbonyl (C=O) groups excluding carboxylic acids is 3. The van der Waals surface area contributed by atoms with Crippen LogP contribution in [0.1, 0.15) is 53.5 Å². The molecule has 0 radical (unpaired) electrons. The van der Waals surface area contributed by atoms with Crippen LogP contribution >= 0.6 is 0 Å². The van der Waals surface area contributed by atoms with Gasteiger partial charge in [0, 0.05) is 23.2 Å². The van der Waals surface area contributed by atoms with E-state index in [1.165, 1.54) is 23.1 Å². The summed E-state index contributed by atoms with van der Waals surface area (Å²) in [5, 5.41) is 4.15. The van der Waals surface area contributed by atoms with Gasteiger partial charge in [0.05, 0.1) is 23.4 Å². The van der Waals surface area contributed by atoms with Crippen LogP contribution in [0, 0.1) is 19.7 Å². The molecule has 184 valence electrons. The zero-order valence-corrected chi connectivity index (χ0v) is 20.2. The lowest BCUT2D eigenvalue weighted by atomic mass is 9.99. The molecule has 0 N–H and O–H groups in total. The summed E-state index contributed by atoms with van der Waals surface area (Å²) in [5.41, 5.74) is 5.47. The van der Waals surface area contributed by atoms with Crippen molar-refractivity contribution in [1.82, 2.24) is 10.1 Å².